The van der Waals surface area contributed by atoms with Crippen molar-refractivity contribution in [2.45, 2.75) is 36.9 Å². The lowest BCUT2D eigenvalue weighted by molar-refractivity contribution is 0.271. The van der Waals surface area contributed by atoms with Crippen molar-refractivity contribution in [2.24, 2.45) is 0 Å². The lowest BCUT2D eigenvalue weighted by Crippen LogP contribution is -2.45. The number of thiophene rings is 1. The lowest BCUT2D eigenvalue weighted by atomic mass is 10.1. The molecule has 0 amide bonds. The highest BCUT2D eigenvalue weighted by atomic mass is 32.2. The number of nitrogens with one attached hydrogen (secondary N) is 1. The molecule has 2 heterocycles. The fraction of sp³-hybridized carbons (Fsp3) is 0.667. The Morgan fingerprint density at radius 1 is 1.39 bits per heavy atom. The number of piperidine rings is 1. The van der Waals surface area contributed by atoms with Crippen LogP contribution in [0.15, 0.2) is 16.3 Å². The third-order valence-electron chi connectivity index (χ3n) is 3.31. The molecule has 1 aliphatic heterocycles. The first kappa shape index (κ1) is 14.0. The molecule has 1 aromatic rings. The summed E-state index contributed by atoms with van der Waals surface area (Å²) in [5.74, 6) is 0. The van der Waals surface area contributed by atoms with Crippen molar-refractivity contribution in [3.05, 3.63) is 17.0 Å². The molecule has 1 saturated heterocycles. The lowest BCUT2D eigenvalue weighted by Gasteiger charge is -2.32. The molecule has 0 aliphatic carbocycles. The second-order valence-electron chi connectivity index (χ2n) is 4.55. The van der Waals surface area contributed by atoms with Gasteiger partial charge in [0, 0.05) is 17.5 Å². The zero-order valence-corrected chi connectivity index (χ0v) is 12.5. The summed E-state index contributed by atoms with van der Waals surface area (Å²) >= 11 is 1.36. The van der Waals surface area contributed by atoms with Gasteiger partial charge >= 0.3 is 0 Å². The summed E-state index contributed by atoms with van der Waals surface area (Å²) < 4.78 is 27.3. The van der Waals surface area contributed by atoms with Crippen LogP contribution in [0.3, 0.4) is 0 Å². The Hall–Kier alpha value is -0.430. The van der Waals surface area contributed by atoms with Crippen molar-refractivity contribution in [1.29, 1.82) is 0 Å². The molecule has 18 heavy (non-hydrogen) atoms. The van der Waals surface area contributed by atoms with Crippen molar-refractivity contribution in [3.63, 3.8) is 0 Å². The van der Waals surface area contributed by atoms with Gasteiger partial charge in [-0.15, -0.1) is 11.3 Å². The summed E-state index contributed by atoms with van der Waals surface area (Å²) in [6, 6.07) is 3.73. The van der Waals surface area contributed by atoms with Gasteiger partial charge in [-0.1, -0.05) is 6.92 Å². The Labute approximate surface area is 113 Å². The third-order valence-corrected chi connectivity index (χ3v) is 6.80. The van der Waals surface area contributed by atoms with Crippen molar-refractivity contribution < 1.29 is 8.42 Å². The van der Waals surface area contributed by atoms with Crippen LogP contribution < -0.4 is 5.32 Å². The van der Waals surface area contributed by atoms with Crippen molar-refractivity contribution in [1.82, 2.24) is 9.62 Å². The molecule has 0 atom stereocenters. The zero-order chi connectivity index (χ0) is 13.2. The van der Waals surface area contributed by atoms with E-state index in [1.165, 1.54) is 11.3 Å². The molecule has 1 N–H and O–H groups in total. The van der Waals surface area contributed by atoms with Crippen LogP contribution in [-0.2, 0) is 10.0 Å². The minimum Gasteiger partial charge on any atom is -0.317 e. The van der Waals surface area contributed by atoms with Crippen molar-refractivity contribution in [3.8, 4) is 0 Å². The van der Waals surface area contributed by atoms with Crippen LogP contribution in [-0.4, -0.2) is 38.4 Å². The Balaban J connectivity index is 2.25. The van der Waals surface area contributed by atoms with Crippen LogP contribution >= 0.6 is 11.3 Å². The average molecular weight is 288 g/mol. The van der Waals surface area contributed by atoms with Crippen LogP contribution in [0, 0.1) is 6.92 Å². The van der Waals surface area contributed by atoms with E-state index in [1.807, 2.05) is 19.9 Å². The number of aryl methyl sites for hydroxylation is 1. The minimum atomic E-state index is -3.31. The van der Waals surface area contributed by atoms with Gasteiger partial charge in [0.1, 0.15) is 4.21 Å². The summed E-state index contributed by atoms with van der Waals surface area (Å²) in [5.41, 5.74) is 0. The average Bonchev–Trinajstić information content (AvgIpc) is 2.78. The maximum Gasteiger partial charge on any atom is 0.252 e. The Morgan fingerprint density at radius 2 is 2.06 bits per heavy atom. The summed E-state index contributed by atoms with van der Waals surface area (Å²) in [5, 5.41) is 3.27. The van der Waals surface area contributed by atoms with Crippen molar-refractivity contribution >= 4 is 21.4 Å². The molecule has 4 nitrogen and oxygen atoms in total. The van der Waals surface area contributed by atoms with Crippen LogP contribution in [0.2, 0.25) is 0 Å². The number of hydrogen-bond acceptors (Lipinski definition) is 4. The van der Waals surface area contributed by atoms with E-state index in [9.17, 15) is 8.42 Å². The molecule has 0 radical (unpaired) electrons. The number of sulfonamides is 1. The SMILES string of the molecule is CCN(C1CCNCC1)S(=O)(=O)c1ccc(C)s1. The van der Waals surface area contributed by atoms with Gasteiger partial charge in [-0.3, -0.25) is 0 Å². The van der Waals surface area contributed by atoms with E-state index in [2.05, 4.69) is 5.32 Å². The maximum absolute atomic E-state index is 12.6. The topological polar surface area (TPSA) is 49.4 Å². The van der Waals surface area contributed by atoms with Gasteiger partial charge in [-0.05, 0) is 45.0 Å². The summed E-state index contributed by atoms with van der Waals surface area (Å²) in [6.07, 6.45) is 1.80. The van der Waals surface area contributed by atoms with Crippen LogP contribution in [0.1, 0.15) is 24.6 Å². The number of rotatable bonds is 4. The molecule has 0 aromatic carbocycles. The van der Waals surface area contributed by atoms with Crippen LogP contribution in [0.25, 0.3) is 0 Å². The summed E-state index contributed by atoms with van der Waals surface area (Å²) in [6.45, 7) is 6.20. The van der Waals surface area contributed by atoms with Crippen molar-refractivity contribution in [2.75, 3.05) is 19.6 Å². The monoisotopic (exact) mass is 288 g/mol. The molecule has 0 bridgehead atoms. The summed E-state index contributed by atoms with van der Waals surface area (Å²) in [7, 11) is -3.31. The van der Waals surface area contributed by atoms with Crippen LogP contribution in [0.4, 0.5) is 0 Å². The van der Waals surface area contributed by atoms with Crippen LogP contribution in [0.5, 0.6) is 0 Å². The van der Waals surface area contributed by atoms with Gasteiger partial charge in [0.05, 0.1) is 0 Å². The first-order valence-corrected chi connectivity index (χ1v) is 8.60. The Bertz CT molecular complexity index is 490. The normalized spacial score (nSPS) is 18.4. The van der Waals surface area contributed by atoms with Gasteiger partial charge in [0.15, 0.2) is 0 Å². The first-order valence-electron chi connectivity index (χ1n) is 6.34. The Morgan fingerprint density at radius 3 is 2.56 bits per heavy atom. The van der Waals surface area contributed by atoms with E-state index >= 15 is 0 Å². The van der Waals surface area contributed by atoms with Gasteiger partial charge in [-0.2, -0.15) is 4.31 Å². The molecule has 0 saturated carbocycles. The molecule has 2 rings (SSSR count). The highest BCUT2D eigenvalue weighted by Crippen LogP contribution is 2.27. The van der Waals surface area contributed by atoms with E-state index in [1.54, 1.807) is 10.4 Å². The van der Waals surface area contributed by atoms with Gasteiger partial charge in [0.2, 0.25) is 0 Å². The maximum atomic E-state index is 12.6. The predicted molar refractivity (Wildman–Crippen MR) is 74.5 cm³/mol. The summed E-state index contributed by atoms with van der Waals surface area (Å²) in [4.78, 5) is 1.04. The smallest absolute Gasteiger partial charge is 0.252 e. The number of nitrogens with zero attached hydrogens (tertiary/aromatic N) is 1. The third kappa shape index (κ3) is 2.77. The molecule has 0 unspecified atom stereocenters. The van der Waals surface area contributed by atoms with E-state index in [-0.39, 0.29) is 6.04 Å². The predicted octanol–water partition coefficient (Wildman–Crippen LogP) is 1.82. The second-order valence-corrected chi connectivity index (χ2v) is 7.96. The molecule has 6 heteroatoms. The number of hydrogen-bond donors (Lipinski definition) is 1. The fourth-order valence-electron chi connectivity index (χ4n) is 2.39. The zero-order valence-electron chi connectivity index (χ0n) is 10.8. The van der Waals surface area contributed by atoms with E-state index < -0.39 is 10.0 Å². The molecule has 0 spiro atoms. The first-order chi connectivity index (χ1) is 8.55. The molecule has 1 aromatic heterocycles. The second kappa shape index (κ2) is 5.69. The van der Waals surface area contributed by atoms with E-state index in [4.69, 9.17) is 0 Å². The van der Waals surface area contributed by atoms with E-state index in [0.29, 0.717) is 10.8 Å². The highest BCUT2D eigenvalue weighted by Gasteiger charge is 2.31. The van der Waals surface area contributed by atoms with Gasteiger partial charge < -0.3 is 5.32 Å². The van der Waals surface area contributed by atoms with Gasteiger partial charge in [0.25, 0.3) is 10.0 Å². The largest absolute Gasteiger partial charge is 0.317 e. The molecular formula is C12H20N2O2S2. The fourth-order valence-corrected chi connectivity index (χ4v) is 5.49. The Kier molecular flexibility index (Phi) is 4.42. The molecule has 1 aliphatic rings. The quantitative estimate of drug-likeness (QED) is 0.919. The highest BCUT2D eigenvalue weighted by molar-refractivity contribution is 7.91. The standard InChI is InChI=1S/C12H20N2O2S2/c1-3-14(11-6-8-13-9-7-11)18(15,16)12-5-4-10(2)17-12/h4-5,11,13H,3,6-9H2,1-2H3. The molecular weight excluding hydrogens is 268 g/mol. The van der Waals surface area contributed by atoms with E-state index in [0.717, 1.165) is 30.8 Å². The van der Waals surface area contributed by atoms with Gasteiger partial charge in [-0.25, -0.2) is 8.42 Å². The molecule has 1 fully saturated rings. The molecule has 102 valence electrons. The minimum absolute atomic E-state index is 0.142.